The van der Waals surface area contributed by atoms with Gasteiger partial charge in [0.1, 0.15) is 0 Å². The van der Waals surface area contributed by atoms with Crippen LogP contribution in [0, 0.1) is 6.92 Å². The van der Waals surface area contributed by atoms with E-state index in [1.165, 1.54) is 12.8 Å². The van der Waals surface area contributed by atoms with Gasteiger partial charge in [-0.25, -0.2) is 0 Å². The molecule has 2 rings (SSSR count). The Morgan fingerprint density at radius 3 is 2.82 bits per heavy atom. The first-order valence-electron chi connectivity index (χ1n) is 6.01. The van der Waals surface area contributed by atoms with Crippen molar-refractivity contribution in [1.82, 2.24) is 20.2 Å². The number of para-hydroxylation sites is 1. The van der Waals surface area contributed by atoms with E-state index >= 15 is 0 Å². The van der Waals surface area contributed by atoms with Crippen molar-refractivity contribution in [3.8, 4) is 5.69 Å². The molecule has 4 heteroatoms. The SMILES string of the molecule is [CH2]c1ccccc1-n1nnnc1CCCCC. The van der Waals surface area contributed by atoms with Crippen LogP contribution in [0.25, 0.3) is 5.69 Å². The Hall–Kier alpha value is -1.71. The van der Waals surface area contributed by atoms with Gasteiger partial charge in [0, 0.05) is 6.42 Å². The van der Waals surface area contributed by atoms with Crippen LogP contribution in [0.2, 0.25) is 0 Å². The van der Waals surface area contributed by atoms with Crippen LogP contribution in [0.1, 0.15) is 37.6 Å². The van der Waals surface area contributed by atoms with Crippen molar-refractivity contribution in [3.63, 3.8) is 0 Å². The number of aryl methyl sites for hydroxylation is 1. The second-order valence-corrected chi connectivity index (χ2v) is 4.09. The van der Waals surface area contributed by atoms with Crippen molar-refractivity contribution in [3.05, 3.63) is 42.6 Å². The zero-order valence-corrected chi connectivity index (χ0v) is 10.1. The molecule has 1 radical (unpaired) electrons. The van der Waals surface area contributed by atoms with Gasteiger partial charge >= 0.3 is 0 Å². The number of nitrogens with zero attached hydrogens (tertiary/aromatic N) is 4. The summed E-state index contributed by atoms with van der Waals surface area (Å²) in [4.78, 5) is 0. The molecule has 1 aromatic carbocycles. The minimum atomic E-state index is 0.912. The summed E-state index contributed by atoms with van der Waals surface area (Å²) in [5.41, 5.74) is 1.90. The third kappa shape index (κ3) is 2.70. The van der Waals surface area contributed by atoms with E-state index < -0.39 is 0 Å². The van der Waals surface area contributed by atoms with Crippen LogP contribution in [0.4, 0.5) is 0 Å². The minimum Gasteiger partial charge on any atom is -0.197 e. The molecule has 17 heavy (non-hydrogen) atoms. The lowest BCUT2D eigenvalue weighted by Gasteiger charge is -2.06. The number of benzene rings is 1. The fraction of sp³-hybridized carbons (Fsp3) is 0.385. The summed E-state index contributed by atoms with van der Waals surface area (Å²) < 4.78 is 1.79. The predicted molar refractivity (Wildman–Crippen MR) is 66.8 cm³/mol. The number of hydrogen-bond acceptors (Lipinski definition) is 3. The molecule has 0 amide bonds. The summed E-state index contributed by atoms with van der Waals surface area (Å²) in [5.74, 6) is 0.912. The van der Waals surface area contributed by atoms with Gasteiger partial charge in [-0.05, 0) is 35.4 Å². The Morgan fingerprint density at radius 1 is 1.24 bits per heavy atom. The van der Waals surface area contributed by atoms with E-state index in [0.29, 0.717) is 0 Å². The Bertz CT molecular complexity index is 476. The molecule has 0 fully saturated rings. The molecule has 0 saturated heterocycles. The normalized spacial score (nSPS) is 10.7. The van der Waals surface area contributed by atoms with Gasteiger partial charge in [-0.15, -0.1) is 5.10 Å². The molecule has 0 bridgehead atoms. The third-order valence-corrected chi connectivity index (χ3v) is 2.76. The first kappa shape index (κ1) is 11.8. The summed E-state index contributed by atoms with van der Waals surface area (Å²) in [6, 6.07) is 7.89. The van der Waals surface area contributed by atoms with Gasteiger partial charge < -0.3 is 0 Å². The van der Waals surface area contributed by atoms with Gasteiger partial charge in [0.25, 0.3) is 0 Å². The molecule has 0 aliphatic heterocycles. The highest BCUT2D eigenvalue weighted by atomic mass is 15.5. The number of tetrazole rings is 1. The largest absolute Gasteiger partial charge is 0.197 e. The van der Waals surface area contributed by atoms with Crippen LogP contribution in [0.3, 0.4) is 0 Å². The summed E-state index contributed by atoms with van der Waals surface area (Å²) in [6.07, 6.45) is 4.44. The van der Waals surface area contributed by atoms with E-state index in [-0.39, 0.29) is 0 Å². The first-order valence-corrected chi connectivity index (χ1v) is 6.01. The van der Waals surface area contributed by atoms with Crippen LogP contribution in [-0.4, -0.2) is 20.2 Å². The molecular formula is C13H17N4. The van der Waals surface area contributed by atoms with Crippen LogP contribution < -0.4 is 0 Å². The summed E-state index contributed by atoms with van der Waals surface area (Å²) in [6.45, 7) is 6.19. The van der Waals surface area contributed by atoms with Gasteiger partial charge in [-0.2, -0.15) is 4.68 Å². The highest BCUT2D eigenvalue weighted by Gasteiger charge is 2.09. The van der Waals surface area contributed by atoms with Crippen LogP contribution in [0.15, 0.2) is 24.3 Å². The third-order valence-electron chi connectivity index (χ3n) is 2.76. The highest BCUT2D eigenvalue weighted by molar-refractivity contribution is 5.42. The van der Waals surface area contributed by atoms with E-state index in [9.17, 15) is 0 Å². The van der Waals surface area contributed by atoms with E-state index in [2.05, 4.69) is 29.4 Å². The van der Waals surface area contributed by atoms with Gasteiger partial charge in [0.05, 0.1) is 5.69 Å². The van der Waals surface area contributed by atoms with Crippen LogP contribution >= 0.6 is 0 Å². The van der Waals surface area contributed by atoms with E-state index in [4.69, 9.17) is 0 Å². The summed E-state index contributed by atoms with van der Waals surface area (Å²) in [5, 5.41) is 11.9. The molecule has 0 aliphatic rings. The quantitative estimate of drug-likeness (QED) is 0.740. The standard InChI is InChI=1S/C13H17N4/c1-3-4-5-10-13-14-15-16-17(13)12-9-7-6-8-11(12)2/h6-9H,2-5,10H2,1H3. The average Bonchev–Trinajstić information content (AvgIpc) is 2.78. The molecule has 0 saturated carbocycles. The highest BCUT2D eigenvalue weighted by Crippen LogP contribution is 2.14. The lowest BCUT2D eigenvalue weighted by Crippen LogP contribution is -2.05. The molecule has 0 aliphatic carbocycles. The Labute approximate surface area is 102 Å². The Morgan fingerprint density at radius 2 is 2.06 bits per heavy atom. The first-order chi connectivity index (χ1) is 8.33. The van der Waals surface area contributed by atoms with Gasteiger partial charge in [-0.3, -0.25) is 0 Å². The van der Waals surface area contributed by atoms with Gasteiger partial charge in [0.15, 0.2) is 5.82 Å². The van der Waals surface area contributed by atoms with Crippen molar-refractivity contribution < 1.29 is 0 Å². The second kappa shape index (κ2) is 5.57. The van der Waals surface area contributed by atoms with E-state index in [1.54, 1.807) is 4.68 Å². The maximum atomic E-state index is 4.08. The molecule has 2 aromatic rings. The Balaban J connectivity index is 2.22. The number of rotatable bonds is 5. The molecule has 4 nitrogen and oxygen atoms in total. The monoisotopic (exact) mass is 229 g/mol. The van der Waals surface area contributed by atoms with Crippen LogP contribution in [-0.2, 0) is 6.42 Å². The minimum absolute atomic E-state index is 0.912. The van der Waals surface area contributed by atoms with Gasteiger partial charge in [0.2, 0.25) is 0 Å². The average molecular weight is 229 g/mol. The maximum absolute atomic E-state index is 4.08. The molecule has 1 heterocycles. The fourth-order valence-electron chi connectivity index (χ4n) is 1.80. The smallest absolute Gasteiger partial charge is 0.156 e. The zero-order valence-electron chi connectivity index (χ0n) is 10.1. The molecule has 1 aromatic heterocycles. The Kier molecular flexibility index (Phi) is 3.85. The molecule has 0 N–H and O–H groups in total. The summed E-state index contributed by atoms with van der Waals surface area (Å²) >= 11 is 0. The van der Waals surface area contributed by atoms with E-state index in [1.807, 2.05) is 24.3 Å². The predicted octanol–water partition coefficient (Wildman–Crippen LogP) is 2.58. The molecule has 0 unspecified atom stereocenters. The molecule has 89 valence electrons. The van der Waals surface area contributed by atoms with Crippen molar-refractivity contribution in [2.45, 2.75) is 32.6 Å². The topological polar surface area (TPSA) is 43.6 Å². The number of unbranched alkanes of at least 4 members (excludes halogenated alkanes) is 2. The lowest BCUT2D eigenvalue weighted by molar-refractivity contribution is 0.672. The molecule has 0 atom stereocenters. The zero-order chi connectivity index (χ0) is 12.1. The van der Waals surface area contributed by atoms with Crippen molar-refractivity contribution in [2.24, 2.45) is 0 Å². The second-order valence-electron chi connectivity index (χ2n) is 4.09. The van der Waals surface area contributed by atoms with Crippen molar-refractivity contribution in [1.29, 1.82) is 0 Å². The summed E-state index contributed by atoms with van der Waals surface area (Å²) in [7, 11) is 0. The van der Waals surface area contributed by atoms with E-state index in [0.717, 1.165) is 29.9 Å². The van der Waals surface area contributed by atoms with Crippen LogP contribution in [0.5, 0.6) is 0 Å². The van der Waals surface area contributed by atoms with Crippen molar-refractivity contribution >= 4 is 0 Å². The van der Waals surface area contributed by atoms with Gasteiger partial charge in [-0.1, -0.05) is 38.0 Å². The lowest BCUT2D eigenvalue weighted by atomic mass is 10.2. The molecule has 0 spiro atoms. The fourth-order valence-corrected chi connectivity index (χ4v) is 1.80. The maximum Gasteiger partial charge on any atom is 0.156 e. The number of hydrogen-bond donors (Lipinski definition) is 0. The molecular weight excluding hydrogens is 212 g/mol. The number of aromatic nitrogens is 4. The van der Waals surface area contributed by atoms with Crippen molar-refractivity contribution in [2.75, 3.05) is 0 Å².